The highest BCUT2D eigenvalue weighted by Crippen LogP contribution is 2.38. The van der Waals surface area contributed by atoms with Gasteiger partial charge in [0.15, 0.2) is 0 Å². The highest BCUT2D eigenvalue weighted by atomic mass is 32.2. The summed E-state index contributed by atoms with van der Waals surface area (Å²) in [5, 5.41) is 49.1. The normalized spacial score (nSPS) is 16.4. The van der Waals surface area contributed by atoms with E-state index in [9.17, 15) is 20.4 Å². The van der Waals surface area contributed by atoms with Crippen LogP contribution in [0.5, 0.6) is 0 Å². The third-order valence-electron chi connectivity index (χ3n) is 3.55. The van der Waals surface area contributed by atoms with Gasteiger partial charge >= 0.3 is 0 Å². The van der Waals surface area contributed by atoms with Gasteiger partial charge in [-0.15, -0.1) is 23.5 Å². The van der Waals surface area contributed by atoms with Crippen LogP contribution in [-0.4, -0.2) is 61.1 Å². The van der Waals surface area contributed by atoms with E-state index in [-0.39, 0.29) is 0 Å². The second-order valence-corrected chi connectivity index (χ2v) is 8.18. The van der Waals surface area contributed by atoms with Crippen LogP contribution in [0.25, 0.3) is 0 Å². The first-order chi connectivity index (χ1) is 12.0. The molecule has 0 spiro atoms. The van der Waals surface area contributed by atoms with Crippen LogP contribution >= 0.6 is 23.5 Å². The molecule has 0 unspecified atom stereocenters. The Morgan fingerprint density at radius 3 is 1.48 bits per heavy atom. The molecule has 5 nitrogen and oxygen atoms in total. The van der Waals surface area contributed by atoms with E-state index in [4.69, 9.17) is 5.11 Å². The van der Waals surface area contributed by atoms with Crippen molar-refractivity contribution in [2.75, 3.05) is 6.61 Å². The second kappa shape index (κ2) is 10.2. The average Bonchev–Trinajstić information content (AvgIpc) is 2.66. The predicted molar refractivity (Wildman–Crippen MR) is 99.5 cm³/mol. The van der Waals surface area contributed by atoms with Crippen LogP contribution < -0.4 is 0 Å². The lowest BCUT2D eigenvalue weighted by atomic mass is 10.0. The third-order valence-corrected chi connectivity index (χ3v) is 6.24. The molecular weight excluding hydrogens is 360 g/mol. The number of hydrogen-bond donors (Lipinski definition) is 5. The Kier molecular flexibility index (Phi) is 8.25. The highest BCUT2D eigenvalue weighted by molar-refractivity contribution is 8.17. The van der Waals surface area contributed by atoms with Crippen molar-refractivity contribution in [1.29, 1.82) is 0 Å². The Hall–Kier alpha value is -1.06. The van der Waals surface area contributed by atoms with E-state index in [1.54, 1.807) is 0 Å². The van der Waals surface area contributed by atoms with E-state index >= 15 is 0 Å². The summed E-state index contributed by atoms with van der Waals surface area (Å²) in [6.07, 6.45) is -6.09. The van der Waals surface area contributed by atoms with Gasteiger partial charge in [-0.2, -0.15) is 0 Å². The third kappa shape index (κ3) is 6.00. The number of benzene rings is 2. The van der Waals surface area contributed by atoms with Crippen LogP contribution in [0.4, 0.5) is 0 Å². The molecule has 136 valence electrons. The first-order valence-electron chi connectivity index (χ1n) is 7.79. The zero-order valence-corrected chi connectivity index (χ0v) is 15.1. The SMILES string of the molecule is OC[C@H](O)[C@H](O)[C@H](O)[C@@H](O)C(Sc1ccccc1)Sc1ccccc1. The lowest BCUT2D eigenvalue weighted by molar-refractivity contribution is -0.111. The molecule has 0 aliphatic heterocycles. The van der Waals surface area contributed by atoms with Gasteiger partial charge in [0.05, 0.1) is 11.2 Å². The van der Waals surface area contributed by atoms with Gasteiger partial charge in [0.1, 0.15) is 24.4 Å². The fourth-order valence-electron chi connectivity index (χ4n) is 2.13. The largest absolute Gasteiger partial charge is 0.394 e. The van der Waals surface area contributed by atoms with Crippen LogP contribution in [0.3, 0.4) is 0 Å². The predicted octanol–water partition coefficient (Wildman–Crippen LogP) is 1.33. The molecule has 0 aliphatic rings. The summed E-state index contributed by atoms with van der Waals surface area (Å²) < 4.78 is -0.527. The van der Waals surface area contributed by atoms with Crippen molar-refractivity contribution < 1.29 is 25.5 Å². The van der Waals surface area contributed by atoms with E-state index < -0.39 is 35.6 Å². The monoisotopic (exact) mass is 382 g/mol. The maximum atomic E-state index is 10.6. The molecule has 7 heteroatoms. The van der Waals surface area contributed by atoms with Crippen molar-refractivity contribution in [2.24, 2.45) is 0 Å². The number of hydrogen-bond acceptors (Lipinski definition) is 7. The molecule has 0 bridgehead atoms. The number of thioether (sulfide) groups is 2. The first kappa shape index (κ1) is 20.3. The molecular formula is C18H22O5S2. The Morgan fingerprint density at radius 1 is 0.640 bits per heavy atom. The molecule has 0 saturated carbocycles. The second-order valence-electron chi connectivity index (χ2n) is 5.45. The maximum Gasteiger partial charge on any atom is 0.111 e. The van der Waals surface area contributed by atoms with Crippen molar-refractivity contribution >= 4 is 23.5 Å². The Bertz CT molecular complexity index is 572. The van der Waals surface area contributed by atoms with Gasteiger partial charge in [-0.25, -0.2) is 0 Å². The van der Waals surface area contributed by atoms with E-state index in [0.717, 1.165) is 9.79 Å². The van der Waals surface area contributed by atoms with Crippen LogP contribution in [0.1, 0.15) is 0 Å². The summed E-state index contributed by atoms with van der Waals surface area (Å²) in [5.74, 6) is 0. The molecule has 4 atom stereocenters. The summed E-state index contributed by atoms with van der Waals surface area (Å²) in [4.78, 5) is 1.80. The summed E-state index contributed by atoms with van der Waals surface area (Å²) in [6, 6.07) is 18.8. The molecule has 5 N–H and O–H groups in total. The molecule has 2 aromatic carbocycles. The Morgan fingerprint density at radius 2 is 1.08 bits per heavy atom. The number of rotatable bonds is 9. The van der Waals surface area contributed by atoms with E-state index in [1.165, 1.54) is 23.5 Å². The topological polar surface area (TPSA) is 101 Å². The Balaban J connectivity index is 2.17. The van der Waals surface area contributed by atoms with E-state index in [1.807, 2.05) is 60.7 Å². The molecule has 2 rings (SSSR count). The van der Waals surface area contributed by atoms with Gasteiger partial charge in [0, 0.05) is 9.79 Å². The van der Waals surface area contributed by atoms with Gasteiger partial charge in [-0.3, -0.25) is 0 Å². The first-order valence-corrected chi connectivity index (χ1v) is 9.55. The maximum absolute atomic E-state index is 10.6. The highest BCUT2D eigenvalue weighted by Gasteiger charge is 2.35. The molecule has 25 heavy (non-hydrogen) atoms. The van der Waals surface area contributed by atoms with Crippen molar-refractivity contribution in [3.05, 3.63) is 60.7 Å². The molecule has 0 heterocycles. The van der Waals surface area contributed by atoms with Gasteiger partial charge in [-0.05, 0) is 24.3 Å². The molecule has 0 fully saturated rings. The minimum absolute atomic E-state index is 0.527. The van der Waals surface area contributed by atoms with E-state index in [2.05, 4.69) is 0 Å². The van der Waals surface area contributed by atoms with Gasteiger partial charge in [0.2, 0.25) is 0 Å². The van der Waals surface area contributed by atoms with Gasteiger partial charge in [0.25, 0.3) is 0 Å². The Labute approximate surface area is 155 Å². The van der Waals surface area contributed by atoms with Crippen molar-refractivity contribution in [3.63, 3.8) is 0 Å². The standard InChI is InChI=1S/C18H22O5S2/c19-11-14(20)15(21)16(22)17(23)18(24-12-7-3-1-4-8-12)25-13-9-5-2-6-10-13/h1-10,14-23H,11H2/t14-,15-,16-,17+/m0/s1. The van der Waals surface area contributed by atoms with Gasteiger partial charge < -0.3 is 25.5 Å². The van der Waals surface area contributed by atoms with E-state index in [0.29, 0.717) is 0 Å². The quantitative estimate of drug-likeness (QED) is 0.329. The minimum Gasteiger partial charge on any atom is -0.394 e. The smallest absolute Gasteiger partial charge is 0.111 e. The zero-order chi connectivity index (χ0) is 18.2. The summed E-state index contributed by atoms with van der Waals surface area (Å²) >= 11 is 2.71. The average molecular weight is 383 g/mol. The lowest BCUT2D eigenvalue weighted by Gasteiger charge is -2.30. The molecule has 0 radical (unpaired) electrons. The van der Waals surface area contributed by atoms with Crippen molar-refractivity contribution in [1.82, 2.24) is 0 Å². The van der Waals surface area contributed by atoms with Crippen LogP contribution in [0.15, 0.2) is 70.5 Å². The lowest BCUT2D eigenvalue weighted by Crippen LogP contribution is -2.48. The van der Waals surface area contributed by atoms with Crippen LogP contribution in [0, 0.1) is 0 Å². The molecule has 2 aromatic rings. The summed E-state index contributed by atoms with van der Waals surface area (Å²) in [7, 11) is 0. The minimum atomic E-state index is -1.64. The van der Waals surface area contributed by atoms with Crippen LogP contribution in [0.2, 0.25) is 0 Å². The fourth-order valence-corrected chi connectivity index (χ4v) is 4.75. The zero-order valence-electron chi connectivity index (χ0n) is 13.4. The number of aliphatic hydroxyl groups is 5. The number of aliphatic hydroxyl groups excluding tert-OH is 5. The van der Waals surface area contributed by atoms with Crippen molar-refractivity contribution in [3.8, 4) is 0 Å². The van der Waals surface area contributed by atoms with Crippen molar-refractivity contribution in [2.45, 2.75) is 38.8 Å². The van der Waals surface area contributed by atoms with Gasteiger partial charge in [-0.1, -0.05) is 36.4 Å². The van der Waals surface area contributed by atoms with Crippen LogP contribution in [-0.2, 0) is 0 Å². The molecule has 0 aromatic heterocycles. The fraction of sp³-hybridized carbons (Fsp3) is 0.333. The summed E-state index contributed by atoms with van der Waals surface area (Å²) in [5.41, 5.74) is 0. The summed E-state index contributed by atoms with van der Waals surface area (Å²) in [6.45, 7) is -0.701. The molecule has 0 amide bonds. The molecule has 0 aliphatic carbocycles. The molecule has 0 saturated heterocycles.